The first-order chi connectivity index (χ1) is 7.74. The van der Waals surface area contributed by atoms with Crippen LogP contribution < -0.4 is 15.0 Å². The molecule has 0 atom stereocenters. The highest BCUT2D eigenvalue weighted by Gasteiger charge is 2.21. The molecule has 1 aliphatic rings. The molecule has 0 spiro atoms. The molecule has 0 saturated carbocycles. The Hall–Kier alpha value is -1.97. The van der Waals surface area contributed by atoms with Gasteiger partial charge in [-0.1, -0.05) is 6.08 Å². The molecule has 0 fully saturated rings. The average molecular weight is 218 g/mol. The van der Waals surface area contributed by atoms with Gasteiger partial charge >= 0.3 is 0 Å². The molecule has 4 heteroatoms. The second kappa shape index (κ2) is 4.26. The van der Waals surface area contributed by atoms with Crippen LogP contribution in [-0.4, -0.2) is 26.1 Å². The number of amides is 1. The summed E-state index contributed by atoms with van der Waals surface area (Å²) < 4.78 is 5.12. The first-order valence-corrected chi connectivity index (χ1v) is 5.08. The first kappa shape index (κ1) is 10.5. The van der Waals surface area contributed by atoms with Crippen LogP contribution in [0.1, 0.15) is 0 Å². The van der Waals surface area contributed by atoms with Crippen molar-refractivity contribution in [1.29, 1.82) is 0 Å². The average Bonchev–Trinajstić information content (AvgIpc) is 2.28. The third-order valence-electron chi connectivity index (χ3n) is 2.50. The fourth-order valence-corrected chi connectivity index (χ4v) is 1.78. The predicted octanol–water partition coefficient (Wildman–Crippen LogP) is 1.64. The van der Waals surface area contributed by atoms with Gasteiger partial charge < -0.3 is 15.0 Å². The molecule has 2 rings (SSSR count). The number of nitrogens with one attached hydrogen (secondary N) is 1. The molecule has 1 amide bonds. The monoisotopic (exact) mass is 218 g/mol. The van der Waals surface area contributed by atoms with Crippen LogP contribution in [0.15, 0.2) is 30.9 Å². The molecular weight excluding hydrogens is 204 g/mol. The molecule has 1 N–H and O–H groups in total. The second-order valence-electron chi connectivity index (χ2n) is 3.60. The number of hydrogen-bond donors (Lipinski definition) is 1. The zero-order valence-corrected chi connectivity index (χ0v) is 9.19. The lowest BCUT2D eigenvalue weighted by Gasteiger charge is -2.30. The molecule has 84 valence electrons. The second-order valence-corrected chi connectivity index (χ2v) is 3.60. The summed E-state index contributed by atoms with van der Waals surface area (Å²) in [6.07, 6.45) is 1.78. The van der Waals surface area contributed by atoms with Crippen molar-refractivity contribution in [1.82, 2.24) is 0 Å². The first-order valence-electron chi connectivity index (χ1n) is 5.08. The molecule has 1 heterocycles. The van der Waals surface area contributed by atoms with Gasteiger partial charge in [0.2, 0.25) is 5.91 Å². The minimum atomic E-state index is -0.0115. The molecule has 1 aliphatic heterocycles. The fourth-order valence-electron chi connectivity index (χ4n) is 1.78. The van der Waals surface area contributed by atoms with Crippen molar-refractivity contribution in [3.8, 4) is 5.75 Å². The van der Waals surface area contributed by atoms with E-state index in [4.69, 9.17) is 4.74 Å². The van der Waals surface area contributed by atoms with Gasteiger partial charge in [-0.05, 0) is 12.1 Å². The van der Waals surface area contributed by atoms with Crippen LogP contribution in [0.2, 0.25) is 0 Å². The Labute approximate surface area is 94.5 Å². The van der Waals surface area contributed by atoms with Crippen molar-refractivity contribution in [2.24, 2.45) is 0 Å². The molecule has 0 aliphatic carbocycles. The third-order valence-corrected chi connectivity index (χ3v) is 2.50. The lowest BCUT2D eigenvalue weighted by atomic mass is 10.2. The zero-order chi connectivity index (χ0) is 11.5. The normalized spacial score (nSPS) is 14.1. The molecule has 0 aromatic heterocycles. The number of methoxy groups -OCH3 is 1. The van der Waals surface area contributed by atoms with E-state index in [2.05, 4.69) is 11.9 Å². The van der Waals surface area contributed by atoms with E-state index >= 15 is 0 Å². The predicted molar refractivity (Wildman–Crippen MR) is 64.0 cm³/mol. The number of rotatable bonds is 3. The topological polar surface area (TPSA) is 41.6 Å². The Morgan fingerprint density at radius 1 is 1.62 bits per heavy atom. The standard InChI is InChI=1S/C12H14N2O2/c1-3-6-14-8-12(15)13-10-7-9(16-2)4-5-11(10)14/h3-5,7H,1,6,8H2,2H3,(H,13,15). The minimum Gasteiger partial charge on any atom is -0.497 e. The number of benzene rings is 1. The van der Waals surface area contributed by atoms with Crippen LogP contribution >= 0.6 is 0 Å². The molecule has 1 aromatic rings. The number of carbonyl (C=O) groups excluding carboxylic acids is 1. The lowest BCUT2D eigenvalue weighted by Crippen LogP contribution is -2.38. The largest absolute Gasteiger partial charge is 0.497 e. The summed E-state index contributed by atoms with van der Waals surface area (Å²) in [6.45, 7) is 4.71. The van der Waals surface area contributed by atoms with E-state index in [1.165, 1.54) is 0 Å². The number of fused-ring (bicyclic) bond motifs is 1. The zero-order valence-electron chi connectivity index (χ0n) is 9.19. The van der Waals surface area contributed by atoms with Crippen LogP contribution in [0.3, 0.4) is 0 Å². The minimum absolute atomic E-state index is 0.0115. The van der Waals surface area contributed by atoms with Crippen LogP contribution in [0, 0.1) is 0 Å². The Bertz CT molecular complexity index is 429. The number of ether oxygens (including phenoxy) is 1. The maximum Gasteiger partial charge on any atom is 0.243 e. The van der Waals surface area contributed by atoms with Gasteiger partial charge in [0.05, 0.1) is 25.0 Å². The van der Waals surface area contributed by atoms with Gasteiger partial charge in [0.15, 0.2) is 0 Å². The summed E-state index contributed by atoms with van der Waals surface area (Å²) in [6, 6.07) is 5.64. The van der Waals surface area contributed by atoms with Gasteiger partial charge in [0.1, 0.15) is 5.75 Å². The quantitative estimate of drug-likeness (QED) is 0.784. The summed E-state index contributed by atoms with van der Waals surface area (Å²) in [4.78, 5) is 13.5. The van der Waals surface area contributed by atoms with E-state index in [9.17, 15) is 4.79 Å². The van der Waals surface area contributed by atoms with Gasteiger partial charge in [-0.3, -0.25) is 4.79 Å². The third kappa shape index (κ3) is 1.86. The maximum absolute atomic E-state index is 11.5. The van der Waals surface area contributed by atoms with Crippen molar-refractivity contribution in [3.63, 3.8) is 0 Å². The molecule has 1 aromatic carbocycles. The van der Waals surface area contributed by atoms with E-state index in [1.807, 2.05) is 23.1 Å². The van der Waals surface area contributed by atoms with Crippen molar-refractivity contribution >= 4 is 17.3 Å². The molecule has 0 radical (unpaired) electrons. The molecule has 0 bridgehead atoms. The van der Waals surface area contributed by atoms with Crippen molar-refractivity contribution < 1.29 is 9.53 Å². The van der Waals surface area contributed by atoms with E-state index in [1.54, 1.807) is 13.2 Å². The maximum atomic E-state index is 11.5. The van der Waals surface area contributed by atoms with Gasteiger partial charge in [0.25, 0.3) is 0 Å². The van der Waals surface area contributed by atoms with Gasteiger partial charge in [-0.25, -0.2) is 0 Å². The van der Waals surface area contributed by atoms with Crippen molar-refractivity contribution in [2.75, 3.05) is 30.4 Å². The summed E-state index contributed by atoms with van der Waals surface area (Å²) in [7, 11) is 1.61. The Morgan fingerprint density at radius 3 is 3.12 bits per heavy atom. The van der Waals surface area contributed by atoms with Gasteiger partial charge in [0, 0.05) is 12.6 Å². The molecule has 0 saturated heterocycles. The van der Waals surface area contributed by atoms with Crippen molar-refractivity contribution in [2.45, 2.75) is 0 Å². The number of anilines is 2. The highest BCUT2D eigenvalue weighted by molar-refractivity contribution is 6.01. The van der Waals surface area contributed by atoms with Crippen LogP contribution in [0.5, 0.6) is 5.75 Å². The molecule has 16 heavy (non-hydrogen) atoms. The highest BCUT2D eigenvalue weighted by atomic mass is 16.5. The summed E-state index contributed by atoms with van der Waals surface area (Å²) in [5.41, 5.74) is 1.79. The van der Waals surface area contributed by atoms with Crippen LogP contribution in [0.25, 0.3) is 0 Å². The van der Waals surface area contributed by atoms with Crippen LogP contribution in [0.4, 0.5) is 11.4 Å². The Balaban J connectivity index is 2.38. The summed E-state index contributed by atoms with van der Waals surface area (Å²) >= 11 is 0. The number of hydrogen-bond acceptors (Lipinski definition) is 3. The lowest BCUT2D eigenvalue weighted by molar-refractivity contribution is -0.115. The molecular formula is C12H14N2O2. The number of nitrogens with zero attached hydrogens (tertiary/aromatic N) is 1. The van der Waals surface area contributed by atoms with Crippen LogP contribution in [-0.2, 0) is 4.79 Å². The Kier molecular flexibility index (Phi) is 2.81. The smallest absolute Gasteiger partial charge is 0.243 e. The fraction of sp³-hybridized carbons (Fsp3) is 0.250. The Morgan fingerprint density at radius 2 is 2.44 bits per heavy atom. The van der Waals surface area contributed by atoms with Crippen molar-refractivity contribution in [3.05, 3.63) is 30.9 Å². The molecule has 4 nitrogen and oxygen atoms in total. The number of carbonyl (C=O) groups is 1. The van der Waals surface area contributed by atoms with Gasteiger partial charge in [-0.15, -0.1) is 6.58 Å². The summed E-state index contributed by atoms with van der Waals surface area (Å²) in [5, 5.41) is 2.83. The van der Waals surface area contributed by atoms with Gasteiger partial charge in [-0.2, -0.15) is 0 Å². The highest BCUT2D eigenvalue weighted by Crippen LogP contribution is 2.32. The van der Waals surface area contributed by atoms with E-state index in [0.717, 1.165) is 17.1 Å². The van der Waals surface area contributed by atoms with E-state index < -0.39 is 0 Å². The molecule has 0 unspecified atom stereocenters. The SMILES string of the molecule is C=CCN1CC(=O)Nc2cc(OC)ccc21. The van der Waals surface area contributed by atoms with E-state index in [-0.39, 0.29) is 5.91 Å². The van der Waals surface area contributed by atoms with E-state index in [0.29, 0.717) is 13.1 Å². The summed E-state index contributed by atoms with van der Waals surface area (Å²) in [5.74, 6) is 0.724.